The second-order valence-electron chi connectivity index (χ2n) is 4.58. The first-order valence-electron chi connectivity index (χ1n) is 6.11. The molecule has 2 aromatic rings. The lowest BCUT2D eigenvalue weighted by molar-refractivity contribution is -0.138. The maximum Gasteiger partial charge on any atom is 0.490 e. The van der Waals surface area contributed by atoms with Gasteiger partial charge in [-0.25, -0.2) is 0 Å². The first-order valence-corrected chi connectivity index (χ1v) is 6.11. The van der Waals surface area contributed by atoms with Crippen LogP contribution in [0.5, 0.6) is 0 Å². The van der Waals surface area contributed by atoms with E-state index in [9.17, 15) is 36.4 Å². The lowest BCUT2D eigenvalue weighted by atomic mass is 9.76. The summed E-state index contributed by atoms with van der Waals surface area (Å²) in [5, 5.41) is 18.4. The topological polar surface area (TPSA) is 53.4 Å². The number of hydrogen-bond acceptors (Lipinski definition) is 3. The van der Waals surface area contributed by atoms with Crippen LogP contribution in [0, 0.1) is 0 Å². The molecule has 0 aliphatic rings. The third-order valence-electron chi connectivity index (χ3n) is 3.01. The number of pyridine rings is 1. The molecule has 0 aliphatic carbocycles. The molecule has 0 radical (unpaired) electrons. The fourth-order valence-electron chi connectivity index (χ4n) is 2.00. The Morgan fingerprint density at radius 1 is 0.913 bits per heavy atom. The van der Waals surface area contributed by atoms with Gasteiger partial charge in [-0.15, -0.1) is 0 Å². The van der Waals surface area contributed by atoms with Crippen LogP contribution < -0.4 is 5.46 Å². The van der Waals surface area contributed by atoms with Gasteiger partial charge < -0.3 is 10.0 Å². The molecule has 2 rings (SSSR count). The van der Waals surface area contributed by atoms with Crippen molar-refractivity contribution in [1.82, 2.24) is 4.98 Å². The van der Waals surface area contributed by atoms with Crippen LogP contribution in [-0.2, 0) is 12.4 Å². The lowest BCUT2D eigenvalue weighted by Crippen LogP contribution is -2.34. The zero-order chi connectivity index (χ0) is 17.4. The molecule has 1 aromatic carbocycles. The van der Waals surface area contributed by atoms with E-state index in [4.69, 9.17) is 0 Å². The van der Waals surface area contributed by atoms with Gasteiger partial charge in [0, 0.05) is 17.2 Å². The van der Waals surface area contributed by atoms with E-state index in [-0.39, 0.29) is 0 Å². The lowest BCUT2D eigenvalue weighted by Gasteiger charge is -2.16. The van der Waals surface area contributed by atoms with Crippen molar-refractivity contribution in [1.29, 1.82) is 0 Å². The summed E-state index contributed by atoms with van der Waals surface area (Å²) in [5.74, 6) is 0. The number of hydrogen-bond donors (Lipinski definition) is 2. The van der Waals surface area contributed by atoms with E-state index in [0.29, 0.717) is 12.3 Å². The fourth-order valence-corrected chi connectivity index (χ4v) is 2.00. The highest BCUT2D eigenvalue weighted by molar-refractivity contribution is 6.60. The van der Waals surface area contributed by atoms with Crippen molar-refractivity contribution in [3.8, 4) is 11.3 Å². The second kappa shape index (κ2) is 5.86. The standard InChI is InChI=1S/C13H8BF6NO2/c15-12(16,17)7-5-10(14(22)23)11(21-6-7)8-3-1-2-4-9(8)13(18,19)20/h1-6,22-23H. The Bertz CT molecular complexity index is 714. The van der Waals surface area contributed by atoms with Gasteiger partial charge in [0.1, 0.15) is 0 Å². The Morgan fingerprint density at radius 2 is 1.52 bits per heavy atom. The van der Waals surface area contributed by atoms with Crippen LogP contribution >= 0.6 is 0 Å². The van der Waals surface area contributed by atoms with Crippen LogP contribution in [0.4, 0.5) is 26.3 Å². The molecular formula is C13H8BF6NO2. The maximum absolute atomic E-state index is 13.0. The molecule has 0 saturated heterocycles. The molecule has 1 aromatic heterocycles. The minimum atomic E-state index is -4.82. The van der Waals surface area contributed by atoms with E-state index in [1.165, 1.54) is 6.07 Å². The molecule has 0 bridgehead atoms. The van der Waals surface area contributed by atoms with Crippen LogP contribution in [-0.4, -0.2) is 22.2 Å². The number of benzene rings is 1. The molecule has 0 saturated carbocycles. The van der Waals surface area contributed by atoms with Crippen LogP contribution in [0.3, 0.4) is 0 Å². The summed E-state index contributed by atoms with van der Waals surface area (Å²) < 4.78 is 77.0. The van der Waals surface area contributed by atoms with Crippen molar-refractivity contribution in [2.45, 2.75) is 12.4 Å². The normalized spacial score (nSPS) is 12.3. The first-order chi connectivity index (χ1) is 10.5. The molecular weight excluding hydrogens is 327 g/mol. The molecule has 0 unspecified atom stereocenters. The monoisotopic (exact) mass is 335 g/mol. The molecule has 0 fully saturated rings. The SMILES string of the molecule is OB(O)c1cc(C(F)(F)F)cnc1-c1ccccc1C(F)(F)F. The van der Waals surface area contributed by atoms with Crippen molar-refractivity contribution in [3.63, 3.8) is 0 Å². The third-order valence-corrected chi connectivity index (χ3v) is 3.01. The van der Waals surface area contributed by atoms with Gasteiger partial charge in [0.2, 0.25) is 0 Å². The molecule has 1 heterocycles. The predicted molar refractivity (Wildman–Crippen MR) is 69.5 cm³/mol. The van der Waals surface area contributed by atoms with Gasteiger partial charge in [0.05, 0.1) is 16.8 Å². The van der Waals surface area contributed by atoms with Gasteiger partial charge in [-0.2, -0.15) is 26.3 Å². The first kappa shape index (κ1) is 17.3. The highest BCUT2D eigenvalue weighted by Gasteiger charge is 2.37. The van der Waals surface area contributed by atoms with E-state index in [2.05, 4.69) is 4.98 Å². The van der Waals surface area contributed by atoms with Crippen LogP contribution in [0.1, 0.15) is 11.1 Å². The van der Waals surface area contributed by atoms with Crippen LogP contribution in [0.25, 0.3) is 11.3 Å². The summed E-state index contributed by atoms with van der Waals surface area (Å²) in [4.78, 5) is 3.37. The molecule has 3 nitrogen and oxygen atoms in total. The zero-order valence-electron chi connectivity index (χ0n) is 11.2. The Morgan fingerprint density at radius 3 is 2.04 bits per heavy atom. The molecule has 2 N–H and O–H groups in total. The molecule has 10 heteroatoms. The van der Waals surface area contributed by atoms with Crippen molar-refractivity contribution in [2.24, 2.45) is 0 Å². The number of halogens is 6. The van der Waals surface area contributed by atoms with E-state index in [1.807, 2.05) is 0 Å². The van der Waals surface area contributed by atoms with Gasteiger partial charge in [0.25, 0.3) is 0 Å². The van der Waals surface area contributed by atoms with E-state index < -0.39 is 47.3 Å². The highest BCUT2D eigenvalue weighted by Crippen LogP contribution is 2.36. The number of alkyl halides is 6. The molecule has 0 aliphatic heterocycles. The maximum atomic E-state index is 13.0. The summed E-state index contributed by atoms with van der Waals surface area (Å²) in [6.07, 6.45) is -9.26. The molecule has 0 amide bonds. The van der Waals surface area contributed by atoms with Gasteiger partial charge in [-0.05, 0) is 12.1 Å². The zero-order valence-corrected chi connectivity index (χ0v) is 11.2. The quantitative estimate of drug-likeness (QED) is 0.655. The highest BCUT2D eigenvalue weighted by atomic mass is 19.4. The number of nitrogens with zero attached hydrogens (tertiary/aromatic N) is 1. The molecule has 23 heavy (non-hydrogen) atoms. The van der Waals surface area contributed by atoms with Gasteiger partial charge in [-0.1, -0.05) is 18.2 Å². The smallest absolute Gasteiger partial charge is 0.423 e. The summed E-state index contributed by atoms with van der Waals surface area (Å²) >= 11 is 0. The van der Waals surface area contributed by atoms with Crippen LogP contribution in [0.2, 0.25) is 0 Å². The van der Waals surface area contributed by atoms with Crippen molar-refractivity contribution in [3.05, 3.63) is 47.7 Å². The third kappa shape index (κ3) is 3.65. The van der Waals surface area contributed by atoms with Crippen molar-refractivity contribution < 1.29 is 36.4 Å². The summed E-state index contributed by atoms with van der Waals surface area (Å²) in [6, 6.07) is 4.41. The van der Waals surface area contributed by atoms with Gasteiger partial charge in [0.15, 0.2) is 0 Å². The fraction of sp³-hybridized carbons (Fsp3) is 0.154. The minimum Gasteiger partial charge on any atom is -0.423 e. The Hall–Kier alpha value is -2.07. The van der Waals surface area contributed by atoms with Gasteiger partial charge >= 0.3 is 19.5 Å². The molecule has 122 valence electrons. The Balaban J connectivity index is 2.70. The summed E-state index contributed by atoms with van der Waals surface area (Å²) in [7, 11) is -2.42. The minimum absolute atomic E-state index is 0.342. The van der Waals surface area contributed by atoms with E-state index in [0.717, 1.165) is 18.2 Å². The van der Waals surface area contributed by atoms with Crippen molar-refractivity contribution in [2.75, 3.05) is 0 Å². The summed E-state index contributed by atoms with van der Waals surface area (Å²) in [6.45, 7) is 0. The van der Waals surface area contributed by atoms with Gasteiger partial charge in [-0.3, -0.25) is 4.98 Å². The predicted octanol–water partition coefficient (Wildman–Crippen LogP) is 2.47. The largest absolute Gasteiger partial charge is 0.490 e. The second-order valence-corrected chi connectivity index (χ2v) is 4.58. The average Bonchev–Trinajstić information content (AvgIpc) is 2.44. The van der Waals surface area contributed by atoms with E-state index >= 15 is 0 Å². The average molecular weight is 335 g/mol. The van der Waals surface area contributed by atoms with E-state index in [1.54, 1.807) is 0 Å². The molecule has 0 atom stereocenters. The van der Waals surface area contributed by atoms with Crippen molar-refractivity contribution >= 4 is 12.6 Å². The summed E-state index contributed by atoms with van der Waals surface area (Å²) in [5.41, 5.74) is -4.34. The molecule has 0 spiro atoms. The number of rotatable bonds is 2. The Kier molecular flexibility index (Phi) is 4.40. The van der Waals surface area contributed by atoms with Crippen LogP contribution in [0.15, 0.2) is 36.5 Å². The Labute approximate surface area is 126 Å². The number of aromatic nitrogens is 1.